The summed E-state index contributed by atoms with van der Waals surface area (Å²) >= 11 is 0. The lowest BCUT2D eigenvalue weighted by molar-refractivity contribution is 0.0212. The molecule has 2 rings (SSSR count). The third-order valence-corrected chi connectivity index (χ3v) is 5.98. The molecule has 1 heterocycles. The topological polar surface area (TPSA) is 15.3 Å². The quantitative estimate of drug-likeness (QED) is 0.824. The highest BCUT2D eigenvalue weighted by Gasteiger charge is 2.39. The summed E-state index contributed by atoms with van der Waals surface area (Å²) in [5.74, 6) is 0.885. The highest BCUT2D eigenvalue weighted by atomic mass is 15.2. The van der Waals surface area contributed by atoms with Crippen molar-refractivity contribution in [1.29, 1.82) is 0 Å². The molecule has 1 aliphatic heterocycles. The zero-order valence-electron chi connectivity index (χ0n) is 15.1. The predicted molar refractivity (Wildman–Crippen MR) is 92.7 cm³/mol. The van der Waals surface area contributed by atoms with Crippen LogP contribution in [0.4, 0.5) is 0 Å². The first-order valence-corrected chi connectivity index (χ1v) is 9.42. The standard InChI is InChI=1S/C19H38N2/c1-6-12-20-17-11-10-16(19(3,4)5)14-18(17)21-13-8-7-9-15(21)2/h15-18,20H,6-14H2,1-5H3. The van der Waals surface area contributed by atoms with Gasteiger partial charge in [-0.3, -0.25) is 4.90 Å². The molecule has 4 atom stereocenters. The Morgan fingerprint density at radius 2 is 1.86 bits per heavy atom. The first kappa shape index (κ1) is 17.3. The van der Waals surface area contributed by atoms with Crippen LogP contribution in [-0.4, -0.2) is 36.1 Å². The third kappa shape index (κ3) is 4.45. The van der Waals surface area contributed by atoms with Crippen molar-refractivity contribution in [2.75, 3.05) is 13.1 Å². The van der Waals surface area contributed by atoms with Crippen LogP contribution in [0.1, 0.15) is 79.6 Å². The molecule has 4 unspecified atom stereocenters. The van der Waals surface area contributed by atoms with Gasteiger partial charge in [0, 0.05) is 18.1 Å². The number of likely N-dealkylation sites (tertiary alicyclic amines) is 1. The SMILES string of the molecule is CCCNC1CCC(C(C)(C)C)CC1N1CCCCC1C. The predicted octanol–water partition coefficient (Wildman–Crippen LogP) is 4.44. The zero-order chi connectivity index (χ0) is 15.5. The van der Waals surface area contributed by atoms with E-state index in [0.29, 0.717) is 5.41 Å². The Labute approximate surface area is 133 Å². The monoisotopic (exact) mass is 294 g/mol. The molecule has 2 heteroatoms. The second-order valence-corrected chi connectivity index (χ2v) is 8.59. The summed E-state index contributed by atoms with van der Waals surface area (Å²) in [6, 6.07) is 2.28. The Morgan fingerprint density at radius 3 is 2.48 bits per heavy atom. The van der Waals surface area contributed by atoms with Gasteiger partial charge >= 0.3 is 0 Å². The lowest BCUT2D eigenvalue weighted by atomic mass is 9.69. The summed E-state index contributed by atoms with van der Waals surface area (Å²) in [7, 11) is 0. The molecule has 0 aromatic carbocycles. The van der Waals surface area contributed by atoms with Crippen molar-refractivity contribution in [1.82, 2.24) is 10.2 Å². The maximum absolute atomic E-state index is 3.87. The van der Waals surface area contributed by atoms with Gasteiger partial charge in [-0.05, 0) is 69.9 Å². The van der Waals surface area contributed by atoms with E-state index in [2.05, 4.69) is 44.8 Å². The summed E-state index contributed by atoms with van der Waals surface area (Å²) in [6.07, 6.45) is 9.66. The summed E-state index contributed by atoms with van der Waals surface area (Å²) in [5, 5.41) is 3.87. The van der Waals surface area contributed by atoms with Crippen LogP contribution in [0.15, 0.2) is 0 Å². The minimum absolute atomic E-state index is 0.465. The number of rotatable bonds is 4. The van der Waals surface area contributed by atoms with Crippen LogP contribution in [0.5, 0.6) is 0 Å². The van der Waals surface area contributed by atoms with E-state index in [9.17, 15) is 0 Å². The van der Waals surface area contributed by atoms with E-state index in [1.807, 2.05) is 0 Å². The van der Waals surface area contributed by atoms with Crippen LogP contribution in [-0.2, 0) is 0 Å². The van der Waals surface area contributed by atoms with Gasteiger partial charge in [0.2, 0.25) is 0 Å². The van der Waals surface area contributed by atoms with Gasteiger partial charge in [0.25, 0.3) is 0 Å². The Bertz CT molecular complexity index is 307. The molecule has 2 fully saturated rings. The van der Waals surface area contributed by atoms with Crippen molar-refractivity contribution in [3.05, 3.63) is 0 Å². The van der Waals surface area contributed by atoms with Crippen molar-refractivity contribution in [3.63, 3.8) is 0 Å². The molecule has 21 heavy (non-hydrogen) atoms. The maximum atomic E-state index is 3.87. The summed E-state index contributed by atoms with van der Waals surface area (Å²) in [5.41, 5.74) is 0.465. The summed E-state index contributed by atoms with van der Waals surface area (Å²) in [4.78, 5) is 2.86. The van der Waals surface area contributed by atoms with Gasteiger partial charge in [-0.15, -0.1) is 0 Å². The molecule has 124 valence electrons. The van der Waals surface area contributed by atoms with E-state index in [1.54, 1.807) is 0 Å². The molecular formula is C19H38N2. The summed E-state index contributed by atoms with van der Waals surface area (Å²) < 4.78 is 0. The van der Waals surface area contributed by atoms with Crippen LogP contribution in [0.25, 0.3) is 0 Å². The van der Waals surface area contributed by atoms with Gasteiger partial charge in [-0.2, -0.15) is 0 Å². The molecule has 1 saturated carbocycles. The first-order valence-electron chi connectivity index (χ1n) is 9.42. The largest absolute Gasteiger partial charge is 0.312 e. The van der Waals surface area contributed by atoms with Gasteiger partial charge in [-0.25, -0.2) is 0 Å². The molecule has 0 aromatic rings. The normalized spacial score (nSPS) is 35.9. The zero-order valence-corrected chi connectivity index (χ0v) is 15.1. The third-order valence-electron chi connectivity index (χ3n) is 5.98. The van der Waals surface area contributed by atoms with E-state index >= 15 is 0 Å². The molecule has 1 N–H and O–H groups in total. The highest BCUT2D eigenvalue weighted by molar-refractivity contribution is 4.96. The molecular weight excluding hydrogens is 256 g/mol. The van der Waals surface area contributed by atoms with Crippen LogP contribution >= 0.6 is 0 Å². The van der Waals surface area contributed by atoms with Crippen molar-refractivity contribution in [3.8, 4) is 0 Å². The highest BCUT2D eigenvalue weighted by Crippen LogP contribution is 2.40. The van der Waals surface area contributed by atoms with Gasteiger partial charge < -0.3 is 5.32 Å². The van der Waals surface area contributed by atoms with Crippen LogP contribution < -0.4 is 5.32 Å². The molecule has 1 aliphatic carbocycles. The maximum Gasteiger partial charge on any atom is 0.0254 e. The van der Waals surface area contributed by atoms with Crippen molar-refractivity contribution in [2.45, 2.75) is 97.7 Å². The minimum atomic E-state index is 0.465. The van der Waals surface area contributed by atoms with Crippen LogP contribution in [0, 0.1) is 11.3 Å². The lowest BCUT2D eigenvalue weighted by Crippen LogP contribution is -2.57. The fraction of sp³-hybridized carbons (Fsp3) is 1.00. The first-order chi connectivity index (χ1) is 9.93. The van der Waals surface area contributed by atoms with E-state index in [0.717, 1.165) is 24.0 Å². The fourth-order valence-electron chi connectivity index (χ4n) is 4.48. The van der Waals surface area contributed by atoms with E-state index in [1.165, 1.54) is 58.0 Å². The Hall–Kier alpha value is -0.0800. The second-order valence-electron chi connectivity index (χ2n) is 8.59. The van der Waals surface area contributed by atoms with Crippen LogP contribution in [0.2, 0.25) is 0 Å². The molecule has 0 bridgehead atoms. The second kappa shape index (κ2) is 7.46. The average Bonchev–Trinajstić information content (AvgIpc) is 2.44. The van der Waals surface area contributed by atoms with E-state index < -0.39 is 0 Å². The van der Waals surface area contributed by atoms with Gasteiger partial charge in [0.15, 0.2) is 0 Å². The number of nitrogens with one attached hydrogen (secondary N) is 1. The smallest absolute Gasteiger partial charge is 0.0254 e. The molecule has 0 amide bonds. The Morgan fingerprint density at radius 1 is 1.10 bits per heavy atom. The molecule has 0 aromatic heterocycles. The lowest BCUT2D eigenvalue weighted by Gasteiger charge is -2.49. The minimum Gasteiger partial charge on any atom is -0.312 e. The van der Waals surface area contributed by atoms with Gasteiger partial charge in [0.1, 0.15) is 0 Å². The van der Waals surface area contributed by atoms with E-state index in [4.69, 9.17) is 0 Å². The summed E-state index contributed by atoms with van der Waals surface area (Å²) in [6.45, 7) is 14.6. The van der Waals surface area contributed by atoms with E-state index in [-0.39, 0.29) is 0 Å². The number of hydrogen-bond acceptors (Lipinski definition) is 2. The van der Waals surface area contributed by atoms with Gasteiger partial charge in [-0.1, -0.05) is 34.1 Å². The van der Waals surface area contributed by atoms with Crippen molar-refractivity contribution < 1.29 is 0 Å². The molecule has 1 saturated heterocycles. The Balaban J connectivity index is 2.08. The number of piperidine rings is 1. The molecule has 0 spiro atoms. The number of hydrogen-bond donors (Lipinski definition) is 1. The van der Waals surface area contributed by atoms with Crippen molar-refractivity contribution >= 4 is 0 Å². The van der Waals surface area contributed by atoms with Crippen LogP contribution in [0.3, 0.4) is 0 Å². The van der Waals surface area contributed by atoms with Crippen molar-refractivity contribution in [2.24, 2.45) is 11.3 Å². The Kier molecular flexibility index (Phi) is 6.14. The molecule has 2 nitrogen and oxygen atoms in total. The molecule has 2 aliphatic rings. The molecule has 0 radical (unpaired) electrons. The fourth-order valence-corrected chi connectivity index (χ4v) is 4.48. The average molecular weight is 295 g/mol. The van der Waals surface area contributed by atoms with Gasteiger partial charge in [0.05, 0.1) is 0 Å². The number of nitrogens with zero attached hydrogens (tertiary/aromatic N) is 1.